The maximum absolute atomic E-state index is 12.1. The van der Waals surface area contributed by atoms with Gasteiger partial charge in [0.1, 0.15) is 0 Å². The lowest BCUT2D eigenvalue weighted by Crippen LogP contribution is -2.34. The zero-order valence-corrected chi connectivity index (χ0v) is 12.9. The first-order valence-corrected chi connectivity index (χ1v) is 7.53. The van der Waals surface area contributed by atoms with Crippen LogP contribution in [0.25, 0.3) is 0 Å². The van der Waals surface area contributed by atoms with Gasteiger partial charge in [-0.05, 0) is 60.1 Å². The van der Waals surface area contributed by atoms with Crippen LogP contribution >= 0.6 is 34.2 Å². The van der Waals surface area contributed by atoms with Crippen molar-refractivity contribution in [2.24, 2.45) is 11.7 Å². The van der Waals surface area contributed by atoms with Gasteiger partial charge in [0.25, 0.3) is 0 Å². The minimum absolute atomic E-state index is 0.0419. The van der Waals surface area contributed by atoms with E-state index in [-0.39, 0.29) is 17.9 Å². The highest BCUT2D eigenvalue weighted by molar-refractivity contribution is 14.1. The lowest BCUT2D eigenvalue weighted by Gasteiger charge is -2.25. The van der Waals surface area contributed by atoms with Gasteiger partial charge < -0.3 is 11.1 Å². The third kappa shape index (κ3) is 3.59. The number of nitrogens with two attached hydrogens (primary N) is 1. The lowest BCUT2D eigenvalue weighted by atomic mass is 9.85. The van der Waals surface area contributed by atoms with Crippen molar-refractivity contribution in [1.82, 2.24) is 0 Å². The molecule has 1 aliphatic rings. The molecule has 3 N–H and O–H groups in total. The molecule has 0 bridgehead atoms. The highest BCUT2D eigenvalue weighted by atomic mass is 127. The van der Waals surface area contributed by atoms with Crippen molar-refractivity contribution in [1.29, 1.82) is 0 Å². The Morgan fingerprint density at radius 2 is 2.22 bits per heavy atom. The van der Waals surface area contributed by atoms with Crippen LogP contribution in [0.1, 0.15) is 25.7 Å². The number of hydrogen-bond donors (Lipinski definition) is 2. The summed E-state index contributed by atoms with van der Waals surface area (Å²) in [5.74, 6) is 0.116. The molecule has 0 heterocycles. The summed E-state index contributed by atoms with van der Waals surface area (Å²) in [5, 5.41) is 3.64. The van der Waals surface area contributed by atoms with Crippen LogP contribution in [0.5, 0.6) is 0 Å². The van der Waals surface area contributed by atoms with Crippen molar-refractivity contribution < 1.29 is 4.79 Å². The van der Waals surface area contributed by atoms with E-state index in [1.165, 1.54) is 0 Å². The SMILES string of the molecule is NC1CCCC(C(=O)Nc2ccc(Cl)cc2I)C1. The molecule has 1 amide bonds. The van der Waals surface area contributed by atoms with Crippen molar-refractivity contribution in [3.63, 3.8) is 0 Å². The second-order valence-corrected chi connectivity index (χ2v) is 6.34. The fourth-order valence-electron chi connectivity index (χ4n) is 2.29. The van der Waals surface area contributed by atoms with Crippen LogP contribution in [0, 0.1) is 9.49 Å². The van der Waals surface area contributed by atoms with Crippen molar-refractivity contribution in [3.8, 4) is 0 Å². The molecule has 1 aromatic rings. The summed E-state index contributed by atoms with van der Waals surface area (Å²) in [5.41, 5.74) is 6.73. The van der Waals surface area contributed by atoms with Gasteiger partial charge in [-0.3, -0.25) is 4.79 Å². The van der Waals surface area contributed by atoms with E-state index in [2.05, 4.69) is 27.9 Å². The predicted molar refractivity (Wildman–Crippen MR) is 82.7 cm³/mol. The number of nitrogens with one attached hydrogen (secondary N) is 1. The Morgan fingerprint density at radius 3 is 2.89 bits per heavy atom. The van der Waals surface area contributed by atoms with Gasteiger partial charge in [-0.1, -0.05) is 18.0 Å². The molecule has 18 heavy (non-hydrogen) atoms. The predicted octanol–water partition coefficient (Wildman–Crippen LogP) is 3.40. The van der Waals surface area contributed by atoms with Crippen LogP contribution in [0.3, 0.4) is 0 Å². The quantitative estimate of drug-likeness (QED) is 0.775. The summed E-state index contributed by atoms with van der Waals surface area (Å²) in [4.78, 5) is 12.1. The highest BCUT2D eigenvalue weighted by Gasteiger charge is 2.25. The Hall–Kier alpha value is -0.330. The number of benzene rings is 1. The lowest BCUT2D eigenvalue weighted by molar-refractivity contribution is -0.120. The number of carbonyl (C=O) groups excluding carboxylic acids is 1. The molecule has 1 fully saturated rings. The van der Waals surface area contributed by atoms with Gasteiger partial charge in [0.05, 0.1) is 5.69 Å². The number of halogens is 2. The van der Waals surface area contributed by atoms with E-state index < -0.39 is 0 Å². The third-order valence-corrected chi connectivity index (χ3v) is 4.40. The van der Waals surface area contributed by atoms with Gasteiger partial charge in [-0.25, -0.2) is 0 Å². The Kier molecular flexibility index (Phi) is 4.86. The molecule has 3 nitrogen and oxygen atoms in total. The topological polar surface area (TPSA) is 55.1 Å². The minimum atomic E-state index is 0.0419. The summed E-state index contributed by atoms with van der Waals surface area (Å²) in [7, 11) is 0. The molecule has 2 unspecified atom stereocenters. The first-order chi connectivity index (χ1) is 8.56. The molecule has 0 spiro atoms. The van der Waals surface area contributed by atoms with Gasteiger partial charge >= 0.3 is 0 Å². The van der Waals surface area contributed by atoms with Crippen molar-refractivity contribution >= 4 is 45.8 Å². The van der Waals surface area contributed by atoms with Crippen LogP contribution in [-0.4, -0.2) is 11.9 Å². The van der Waals surface area contributed by atoms with E-state index in [0.717, 1.165) is 34.9 Å². The van der Waals surface area contributed by atoms with Crippen molar-refractivity contribution in [3.05, 3.63) is 26.8 Å². The Bertz CT molecular complexity index is 453. The van der Waals surface area contributed by atoms with E-state index in [1.54, 1.807) is 6.07 Å². The fourth-order valence-corrected chi connectivity index (χ4v) is 3.30. The first kappa shape index (κ1) is 14.1. The van der Waals surface area contributed by atoms with Crippen LogP contribution in [0.2, 0.25) is 5.02 Å². The molecular formula is C13H16ClIN2O. The maximum atomic E-state index is 12.1. The van der Waals surface area contributed by atoms with E-state index in [0.29, 0.717) is 5.02 Å². The van der Waals surface area contributed by atoms with E-state index in [9.17, 15) is 4.79 Å². The van der Waals surface area contributed by atoms with Gasteiger partial charge in [0, 0.05) is 20.6 Å². The summed E-state index contributed by atoms with van der Waals surface area (Å²) < 4.78 is 0.952. The van der Waals surface area contributed by atoms with E-state index in [1.807, 2.05) is 12.1 Å². The van der Waals surface area contributed by atoms with Gasteiger partial charge in [0.15, 0.2) is 0 Å². The van der Waals surface area contributed by atoms with E-state index >= 15 is 0 Å². The molecule has 5 heteroatoms. The molecule has 98 valence electrons. The largest absolute Gasteiger partial charge is 0.328 e. The van der Waals surface area contributed by atoms with Crippen LogP contribution in [-0.2, 0) is 4.79 Å². The molecule has 0 aromatic heterocycles. The molecule has 1 aliphatic carbocycles. The first-order valence-electron chi connectivity index (χ1n) is 6.08. The molecule has 1 aromatic carbocycles. The van der Waals surface area contributed by atoms with Crippen LogP contribution in [0.15, 0.2) is 18.2 Å². The van der Waals surface area contributed by atoms with Crippen molar-refractivity contribution in [2.45, 2.75) is 31.7 Å². The second kappa shape index (κ2) is 6.21. The molecule has 1 saturated carbocycles. The maximum Gasteiger partial charge on any atom is 0.227 e. The summed E-state index contributed by atoms with van der Waals surface area (Å²) in [6.45, 7) is 0. The molecule has 2 rings (SSSR count). The fraction of sp³-hybridized carbons (Fsp3) is 0.462. The average Bonchev–Trinajstić information content (AvgIpc) is 2.32. The van der Waals surface area contributed by atoms with Crippen LogP contribution in [0.4, 0.5) is 5.69 Å². The summed E-state index contributed by atoms with van der Waals surface area (Å²) in [6.07, 6.45) is 3.79. The van der Waals surface area contributed by atoms with Gasteiger partial charge in [-0.15, -0.1) is 0 Å². The molecule has 0 saturated heterocycles. The standard InChI is InChI=1S/C13H16ClIN2O/c14-9-4-5-12(11(15)7-9)17-13(18)8-2-1-3-10(16)6-8/h4-5,7-8,10H,1-3,6,16H2,(H,17,18). The summed E-state index contributed by atoms with van der Waals surface area (Å²) in [6, 6.07) is 5.62. The van der Waals surface area contributed by atoms with E-state index in [4.69, 9.17) is 17.3 Å². The number of carbonyl (C=O) groups is 1. The third-order valence-electron chi connectivity index (χ3n) is 3.27. The van der Waals surface area contributed by atoms with Crippen molar-refractivity contribution in [2.75, 3.05) is 5.32 Å². The number of hydrogen-bond acceptors (Lipinski definition) is 2. The number of anilines is 1. The smallest absolute Gasteiger partial charge is 0.227 e. The zero-order chi connectivity index (χ0) is 13.1. The summed E-state index contributed by atoms with van der Waals surface area (Å²) >= 11 is 8.06. The second-order valence-electron chi connectivity index (χ2n) is 4.74. The van der Waals surface area contributed by atoms with Gasteiger partial charge in [0.2, 0.25) is 5.91 Å². The Labute approximate surface area is 126 Å². The highest BCUT2D eigenvalue weighted by Crippen LogP contribution is 2.27. The minimum Gasteiger partial charge on any atom is -0.328 e. The molecule has 0 aliphatic heterocycles. The molecule has 0 radical (unpaired) electrons. The Balaban J connectivity index is 2.02. The number of amides is 1. The van der Waals surface area contributed by atoms with Gasteiger partial charge in [-0.2, -0.15) is 0 Å². The monoisotopic (exact) mass is 378 g/mol. The van der Waals surface area contributed by atoms with Crippen LogP contribution < -0.4 is 11.1 Å². The normalized spacial score (nSPS) is 23.7. The Morgan fingerprint density at radius 1 is 1.44 bits per heavy atom. The zero-order valence-electron chi connectivity index (χ0n) is 9.96. The molecule has 2 atom stereocenters. The average molecular weight is 379 g/mol. The number of rotatable bonds is 2. The molecular weight excluding hydrogens is 363 g/mol.